The van der Waals surface area contributed by atoms with Crippen molar-refractivity contribution in [3.05, 3.63) is 30.1 Å². The molecule has 2 N–H and O–H groups in total. The second-order valence-electron chi connectivity index (χ2n) is 5.53. The standard InChI is InChI=1S/C16H22N4O/c1-2-20-14-6-4-3-5-13(14)19-15(20)11-17-10-9-16(21)18-12-7-8-12/h3-6,12,17H,2,7-11H2,1H3,(H,18,21). The molecule has 0 unspecified atom stereocenters. The lowest BCUT2D eigenvalue weighted by Crippen LogP contribution is -2.29. The van der Waals surface area contributed by atoms with Gasteiger partial charge in [-0.3, -0.25) is 4.79 Å². The Morgan fingerprint density at radius 3 is 2.95 bits per heavy atom. The first-order chi connectivity index (χ1) is 10.3. The van der Waals surface area contributed by atoms with Crippen LogP contribution in [0.2, 0.25) is 0 Å². The molecule has 1 aliphatic carbocycles. The molecule has 0 saturated heterocycles. The highest BCUT2D eigenvalue weighted by molar-refractivity contribution is 5.77. The van der Waals surface area contributed by atoms with Gasteiger partial charge in [-0.1, -0.05) is 12.1 Å². The van der Waals surface area contributed by atoms with Crippen LogP contribution in [0.15, 0.2) is 24.3 Å². The second kappa shape index (κ2) is 6.26. The smallest absolute Gasteiger partial charge is 0.221 e. The van der Waals surface area contributed by atoms with Crippen molar-refractivity contribution in [3.8, 4) is 0 Å². The first kappa shape index (κ1) is 14.1. The fraction of sp³-hybridized carbons (Fsp3) is 0.500. The summed E-state index contributed by atoms with van der Waals surface area (Å²) in [5, 5.41) is 6.31. The number of hydrogen-bond donors (Lipinski definition) is 2. The van der Waals surface area contributed by atoms with Gasteiger partial charge in [0.15, 0.2) is 0 Å². The van der Waals surface area contributed by atoms with Crippen molar-refractivity contribution >= 4 is 16.9 Å². The predicted octanol–water partition coefficient (Wildman–Crippen LogP) is 1.81. The highest BCUT2D eigenvalue weighted by Gasteiger charge is 2.22. The maximum Gasteiger partial charge on any atom is 0.221 e. The van der Waals surface area contributed by atoms with Crippen molar-refractivity contribution in [2.75, 3.05) is 6.54 Å². The third-order valence-corrected chi connectivity index (χ3v) is 3.80. The molecule has 1 aromatic heterocycles. The number of rotatable bonds is 7. The molecule has 0 radical (unpaired) electrons. The van der Waals surface area contributed by atoms with E-state index >= 15 is 0 Å². The summed E-state index contributed by atoms with van der Waals surface area (Å²) in [5.74, 6) is 1.18. The summed E-state index contributed by atoms with van der Waals surface area (Å²) < 4.78 is 2.21. The molecule has 0 atom stereocenters. The third-order valence-electron chi connectivity index (χ3n) is 3.80. The Labute approximate surface area is 124 Å². The fourth-order valence-corrected chi connectivity index (χ4v) is 2.54. The predicted molar refractivity (Wildman–Crippen MR) is 82.9 cm³/mol. The summed E-state index contributed by atoms with van der Waals surface area (Å²) in [7, 11) is 0. The van der Waals surface area contributed by atoms with Crippen LogP contribution in [-0.2, 0) is 17.9 Å². The van der Waals surface area contributed by atoms with E-state index in [1.54, 1.807) is 0 Å². The highest BCUT2D eigenvalue weighted by atomic mass is 16.1. The molecule has 112 valence electrons. The van der Waals surface area contributed by atoms with Crippen molar-refractivity contribution < 1.29 is 4.79 Å². The van der Waals surface area contributed by atoms with Gasteiger partial charge in [0.25, 0.3) is 0 Å². The zero-order valence-corrected chi connectivity index (χ0v) is 12.4. The average molecular weight is 286 g/mol. The Morgan fingerprint density at radius 2 is 2.19 bits per heavy atom. The van der Waals surface area contributed by atoms with Gasteiger partial charge in [0.1, 0.15) is 5.82 Å². The van der Waals surface area contributed by atoms with Crippen LogP contribution in [-0.4, -0.2) is 28.0 Å². The lowest BCUT2D eigenvalue weighted by atomic mass is 10.3. The van der Waals surface area contributed by atoms with E-state index in [2.05, 4.69) is 33.2 Å². The van der Waals surface area contributed by atoms with Gasteiger partial charge in [-0.05, 0) is 31.9 Å². The van der Waals surface area contributed by atoms with Crippen molar-refractivity contribution in [2.45, 2.75) is 45.3 Å². The number of fused-ring (bicyclic) bond motifs is 1. The Morgan fingerprint density at radius 1 is 1.38 bits per heavy atom. The Bertz CT molecular complexity index is 630. The molecule has 1 amide bonds. The normalized spacial score (nSPS) is 14.5. The van der Waals surface area contributed by atoms with E-state index in [4.69, 9.17) is 0 Å². The Balaban J connectivity index is 1.53. The van der Waals surface area contributed by atoms with E-state index in [9.17, 15) is 4.79 Å². The molecule has 0 spiro atoms. The minimum atomic E-state index is 0.147. The molecule has 0 aliphatic heterocycles. The van der Waals surface area contributed by atoms with E-state index in [0.29, 0.717) is 25.6 Å². The van der Waals surface area contributed by atoms with Crippen LogP contribution in [0.4, 0.5) is 0 Å². The minimum absolute atomic E-state index is 0.147. The van der Waals surface area contributed by atoms with Crippen LogP contribution >= 0.6 is 0 Å². The van der Waals surface area contributed by atoms with E-state index in [1.165, 1.54) is 5.52 Å². The number of nitrogens with one attached hydrogen (secondary N) is 2. The van der Waals surface area contributed by atoms with Crippen LogP contribution in [0.1, 0.15) is 32.0 Å². The molecular formula is C16H22N4O. The van der Waals surface area contributed by atoms with E-state index in [1.807, 2.05) is 18.2 Å². The molecule has 5 heteroatoms. The van der Waals surface area contributed by atoms with Crippen LogP contribution in [0.25, 0.3) is 11.0 Å². The molecule has 0 bridgehead atoms. The van der Waals surface area contributed by atoms with Gasteiger partial charge in [0, 0.05) is 25.6 Å². The molecule has 1 heterocycles. The van der Waals surface area contributed by atoms with Crippen molar-refractivity contribution in [1.82, 2.24) is 20.2 Å². The topological polar surface area (TPSA) is 59.0 Å². The van der Waals surface area contributed by atoms with Crippen LogP contribution < -0.4 is 10.6 Å². The number of para-hydroxylation sites is 2. The number of amides is 1. The molecule has 2 aromatic rings. The van der Waals surface area contributed by atoms with Gasteiger partial charge in [-0.25, -0.2) is 4.98 Å². The van der Waals surface area contributed by atoms with E-state index < -0.39 is 0 Å². The van der Waals surface area contributed by atoms with Gasteiger partial charge < -0.3 is 15.2 Å². The summed E-state index contributed by atoms with van der Waals surface area (Å²) in [6, 6.07) is 8.62. The maximum atomic E-state index is 11.6. The number of nitrogens with zero attached hydrogens (tertiary/aromatic N) is 2. The Hall–Kier alpha value is -1.88. The van der Waals surface area contributed by atoms with E-state index in [0.717, 1.165) is 30.7 Å². The van der Waals surface area contributed by atoms with Gasteiger partial charge in [-0.15, -0.1) is 0 Å². The maximum absolute atomic E-state index is 11.6. The summed E-state index contributed by atoms with van der Waals surface area (Å²) in [6.45, 7) is 4.41. The van der Waals surface area contributed by atoms with Crippen molar-refractivity contribution in [1.29, 1.82) is 0 Å². The van der Waals surface area contributed by atoms with Gasteiger partial charge in [0.05, 0.1) is 17.6 Å². The largest absolute Gasteiger partial charge is 0.353 e. The van der Waals surface area contributed by atoms with Gasteiger partial charge in [0.2, 0.25) is 5.91 Å². The number of aryl methyl sites for hydroxylation is 1. The van der Waals surface area contributed by atoms with Gasteiger partial charge >= 0.3 is 0 Å². The van der Waals surface area contributed by atoms with Crippen LogP contribution in [0.5, 0.6) is 0 Å². The number of hydrogen-bond acceptors (Lipinski definition) is 3. The summed E-state index contributed by atoms with van der Waals surface area (Å²) in [5.41, 5.74) is 2.20. The number of carbonyl (C=O) groups is 1. The second-order valence-corrected chi connectivity index (χ2v) is 5.53. The SMILES string of the molecule is CCn1c(CNCCC(=O)NC2CC2)nc2ccccc21. The first-order valence-electron chi connectivity index (χ1n) is 7.72. The highest BCUT2D eigenvalue weighted by Crippen LogP contribution is 2.18. The molecule has 1 aliphatic rings. The summed E-state index contributed by atoms with van der Waals surface area (Å²) in [6.07, 6.45) is 2.81. The number of aromatic nitrogens is 2. The lowest BCUT2D eigenvalue weighted by molar-refractivity contribution is -0.121. The molecule has 1 aromatic carbocycles. The third kappa shape index (κ3) is 3.42. The van der Waals surface area contributed by atoms with Gasteiger partial charge in [-0.2, -0.15) is 0 Å². The molecule has 5 nitrogen and oxygen atoms in total. The van der Waals surface area contributed by atoms with Crippen LogP contribution in [0, 0.1) is 0 Å². The van der Waals surface area contributed by atoms with E-state index in [-0.39, 0.29) is 5.91 Å². The Kier molecular flexibility index (Phi) is 4.20. The summed E-state index contributed by atoms with van der Waals surface area (Å²) in [4.78, 5) is 16.3. The average Bonchev–Trinajstić information content (AvgIpc) is 3.22. The molecule has 1 fully saturated rings. The number of imidazole rings is 1. The molecule has 3 rings (SSSR count). The number of benzene rings is 1. The molecule has 21 heavy (non-hydrogen) atoms. The minimum Gasteiger partial charge on any atom is -0.353 e. The van der Waals surface area contributed by atoms with Crippen LogP contribution in [0.3, 0.4) is 0 Å². The molecule has 1 saturated carbocycles. The molecular weight excluding hydrogens is 264 g/mol. The zero-order valence-electron chi connectivity index (χ0n) is 12.4. The van der Waals surface area contributed by atoms with Crippen molar-refractivity contribution in [2.24, 2.45) is 0 Å². The summed E-state index contributed by atoms with van der Waals surface area (Å²) >= 11 is 0. The van der Waals surface area contributed by atoms with Crippen molar-refractivity contribution in [3.63, 3.8) is 0 Å². The zero-order chi connectivity index (χ0) is 14.7. The monoisotopic (exact) mass is 286 g/mol. The number of carbonyl (C=O) groups excluding carboxylic acids is 1. The quantitative estimate of drug-likeness (QED) is 0.763. The fourth-order valence-electron chi connectivity index (χ4n) is 2.54. The lowest BCUT2D eigenvalue weighted by Gasteiger charge is -2.07. The first-order valence-corrected chi connectivity index (χ1v) is 7.72.